The molecule has 0 bridgehead atoms. The molecule has 3 heteroatoms. The first-order valence-corrected chi connectivity index (χ1v) is 7.51. The Hall–Kier alpha value is -1.57. The van der Waals surface area contributed by atoms with E-state index in [9.17, 15) is 4.39 Å². The predicted molar refractivity (Wildman–Crippen MR) is 87.7 cm³/mol. The molecule has 0 nitrogen and oxygen atoms in total. The maximum Gasteiger partial charge on any atom is 0.142 e. The van der Waals surface area contributed by atoms with E-state index in [2.05, 4.69) is 30.3 Å². The minimum absolute atomic E-state index is 0.119. The van der Waals surface area contributed by atoms with Crippen LogP contribution in [0.25, 0.3) is 10.8 Å². The summed E-state index contributed by atoms with van der Waals surface area (Å²) < 4.78 is 13.5. The third-order valence-corrected chi connectivity index (χ3v) is 4.25. The molecule has 21 heavy (non-hydrogen) atoms. The Morgan fingerprint density at radius 2 is 1.67 bits per heavy atom. The molecule has 0 spiro atoms. The Kier molecular flexibility index (Phi) is 4.14. The minimum Gasteiger partial charge on any atom is -0.205 e. The second kappa shape index (κ2) is 6.05. The zero-order chi connectivity index (χ0) is 14.8. The fraction of sp³-hybridized carbons (Fsp3) is 0.111. The summed E-state index contributed by atoms with van der Waals surface area (Å²) in [5, 5.41) is 2.22. The van der Waals surface area contributed by atoms with Crippen LogP contribution in [0.15, 0.2) is 60.7 Å². The number of rotatable bonds is 3. The molecule has 0 N–H and O–H groups in total. The van der Waals surface area contributed by atoms with Gasteiger partial charge in [-0.2, -0.15) is 0 Å². The summed E-state index contributed by atoms with van der Waals surface area (Å²) in [5.74, 6) is -0.432. The first-order chi connectivity index (χ1) is 10.1. The first kappa shape index (κ1) is 14.4. The topological polar surface area (TPSA) is 0 Å². The summed E-state index contributed by atoms with van der Waals surface area (Å²) >= 11 is 12.1. The van der Waals surface area contributed by atoms with E-state index >= 15 is 0 Å². The van der Waals surface area contributed by atoms with Crippen molar-refractivity contribution in [1.29, 1.82) is 0 Å². The lowest BCUT2D eigenvalue weighted by atomic mass is 10.0. The van der Waals surface area contributed by atoms with Crippen molar-refractivity contribution in [2.45, 2.75) is 11.8 Å². The molecule has 0 radical (unpaired) electrons. The summed E-state index contributed by atoms with van der Waals surface area (Å²) in [4.78, 5) is 0. The first-order valence-electron chi connectivity index (χ1n) is 6.70. The lowest BCUT2D eigenvalue weighted by molar-refractivity contribution is 0.625. The van der Waals surface area contributed by atoms with Crippen LogP contribution in [0, 0.1) is 5.82 Å². The average Bonchev–Trinajstić information content (AvgIpc) is 2.50. The third kappa shape index (κ3) is 3.20. The minimum atomic E-state index is -0.432. The zero-order valence-electron chi connectivity index (χ0n) is 11.2. The predicted octanol–water partition coefficient (Wildman–Crippen LogP) is 6.15. The summed E-state index contributed by atoms with van der Waals surface area (Å²) in [7, 11) is 0. The number of hydrogen-bond acceptors (Lipinski definition) is 0. The summed E-state index contributed by atoms with van der Waals surface area (Å²) in [5.41, 5.74) is 1.87. The Balaban J connectivity index is 1.85. The molecule has 0 amide bonds. The van der Waals surface area contributed by atoms with Crippen molar-refractivity contribution in [2.75, 3.05) is 0 Å². The summed E-state index contributed by atoms with van der Waals surface area (Å²) in [6, 6.07) is 19.2. The molecule has 1 atom stereocenters. The normalized spacial score (nSPS) is 12.5. The second-order valence-corrected chi connectivity index (χ2v) is 5.96. The van der Waals surface area contributed by atoms with Gasteiger partial charge < -0.3 is 0 Å². The number of fused-ring (bicyclic) bond motifs is 1. The summed E-state index contributed by atoms with van der Waals surface area (Å²) in [6.45, 7) is 0. The van der Waals surface area contributed by atoms with Crippen LogP contribution in [0.1, 0.15) is 16.5 Å². The molecule has 0 aliphatic carbocycles. The van der Waals surface area contributed by atoms with Crippen molar-refractivity contribution < 1.29 is 4.39 Å². The van der Waals surface area contributed by atoms with Gasteiger partial charge in [-0.25, -0.2) is 4.39 Å². The second-order valence-electron chi connectivity index (χ2n) is 5.03. The molecule has 0 aromatic heterocycles. The highest BCUT2D eigenvalue weighted by Crippen LogP contribution is 2.28. The van der Waals surface area contributed by atoms with E-state index in [-0.39, 0.29) is 10.4 Å². The highest BCUT2D eigenvalue weighted by atomic mass is 35.5. The smallest absolute Gasteiger partial charge is 0.142 e. The van der Waals surface area contributed by atoms with Gasteiger partial charge in [-0.15, -0.1) is 11.6 Å². The zero-order valence-corrected chi connectivity index (χ0v) is 12.7. The third-order valence-electron chi connectivity index (χ3n) is 3.53. The molecule has 0 saturated heterocycles. The quantitative estimate of drug-likeness (QED) is 0.508. The van der Waals surface area contributed by atoms with E-state index in [1.54, 1.807) is 12.1 Å². The van der Waals surface area contributed by atoms with E-state index in [0.717, 1.165) is 11.1 Å². The van der Waals surface area contributed by atoms with Crippen molar-refractivity contribution in [1.82, 2.24) is 0 Å². The number of halogens is 3. The van der Waals surface area contributed by atoms with Gasteiger partial charge in [-0.05, 0) is 40.5 Å². The molecular formula is C18H13Cl2F. The molecule has 0 saturated carbocycles. The van der Waals surface area contributed by atoms with Crippen LogP contribution >= 0.6 is 23.2 Å². The van der Waals surface area contributed by atoms with Crippen LogP contribution in [0.4, 0.5) is 4.39 Å². The van der Waals surface area contributed by atoms with Gasteiger partial charge in [-0.1, -0.05) is 60.1 Å². The van der Waals surface area contributed by atoms with Gasteiger partial charge >= 0.3 is 0 Å². The molecule has 1 unspecified atom stereocenters. The van der Waals surface area contributed by atoms with Crippen LogP contribution < -0.4 is 0 Å². The van der Waals surface area contributed by atoms with Gasteiger partial charge in [0, 0.05) is 0 Å². The average molecular weight is 319 g/mol. The molecule has 3 rings (SSSR count). The SMILES string of the molecule is Fc1cc(C(Cl)Cc2ccc3ccccc3c2)ccc1Cl. The Labute approximate surface area is 133 Å². The fourth-order valence-electron chi connectivity index (χ4n) is 2.40. The van der Waals surface area contributed by atoms with Gasteiger partial charge in [0.2, 0.25) is 0 Å². The van der Waals surface area contributed by atoms with Gasteiger partial charge in [-0.3, -0.25) is 0 Å². The summed E-state index contributed by atoms with van der Waals surface area (Å²) in [6.07, 6.45) is 0.646. The molecule has 106 valence electrons. The van der Waals surface area contributed by atoms with E-state index in [1.807, 2.05) is 12.1 Å². The van der Waals surface area contributed by atoms with Crippen LogP contribution in [0.2, 0.25) is 5.02 Å². The standard InChI is InChI=1S/C18H13Cl2F/c19-16-8-7-15(11-18(16)21)17(20)10-12-5-6-13-3-1-2-4-14(13)9-12/h1-9,11,17H,10H2. The molecule has 0 aliphatic rings. The van der Waals surface area contributed by atoms with Crippen molar-refractivity contribution in [3.8, 4) is 0 Å². The van der Waals surface area contributed by atoms with Crippen LogP contribution in [-0.2, 0) is 6.42 Å². The highest BCUT2D eigenvalue weighted by molar-refractivity contribution is 6.30. The van der Waals surface area contributed by atoms with Crippen molar-refractivity contribution in [2.24, 2.45) is 0 Å². The molecule has 3 aromatic carbocycles. The van der Waals surface area contributed by atoms with Crippen molar-refractivity contribution in [3.05, 3.63) is 82.6 Å². The molecular weight excluding hydrogens is 306 g/mol. The van der Waals surface area contributed by atoms with Gasteiger partial charge in [0.1, 0.15) is 5.82 Å². The lowest BCUT2D eigenvalue weighted by Crippen LogP contribution is -1.97. The number of alkyl halides is 1. The van der Waals surface area contributed by atoms with Gasteiger partial charge in [0.05, 0.1) is 10.4 Å². The van der Waals surface area contributed by atoms with Crippen molar-refractivity contribution >= 4 is 34.0 Å². The largest absolute Gasteiger partial charge is 0.205 e. The lowest BCUT2D eigenvalue weighted by Gasteiger charge is -2.11. The molecule has 0 fully saturated rings. The van der Waals surface area contributed by atoms with E-state index < -0.39 is 5.82 Å². The van der Waals surface area contributed by atoms with Crippen LogP contribution in [-0.4, -0.2) is 0 Å². The maximum absolute atomic E-state index is 13.5. The maximum atomic E-state index is 13.5. The van der Waals surface area contributed by atoms with E-state index in [1.165, 1.54) is 16.8 Å². The number of hydrogen-bond donors (Lipinski definition) is 0. The van der Waals surface area contributed by atoms with Crippen LogP contribution in [0.3, 0.4) is 0 Å². The van der Waals surface area contributed by atoms with E-state index in [0.29, 0.717) is 6.42 Å². The highest BCUT2D eigenvalue weighted by Gasteiger charge is 2.11. The van der Waals surface area contributed by atoms with Crippen molar-refractivity contribution in [3.63, 3.8) is 0 Å². The van der Waals surface area contributed by atoms with Crippen LogP contribution in [0.5, 0.6) is 0 Å². The van der Waals surface area contributed by atoms with Gasteiger partial charge in [0.25, 0.3) is 0 Å². The van der Waals surface area contributed by atoms with Gasteiger partial charge in [0.15, 0.2) is 0 Å². The van der Waals surface area contributed by atoms with E-state index in [4.69, 9.17) is 23.2 Å². The Morgan fingerprint density at radius 3 is 2.43 bits per heavy atom. The fourth-order valence-corrected chi connectivity index (χ4v) is 2.83. The Morgan fingerprint density at radius 1 is 0.905 bits per heavy atom. The number of benzene rings is 3. The molecule has 0 aliphatic heterocycles. The Bertz CT molecular complexity index is 783. The molecule has 0 heterocycles. The molecule has 3 aromatic rings. The monoisotopic (exact) mass is 318 g/mol.